The molecule has 3 atom stereocenters. The van der Waals surface area contributed by atoms with Gasteiger partial charge in [0.05, 0.1) is 18.0 Å². The van der Waals surface area contributed by atoms with Gasteiger partial charge in [-0.05, 0) is 31.4 Å². The molecule has 1 aliphatic rings. The second-order valence-electron chi connectivity index (χ2n) is 5.06. The first-order valence-corrected chi connectivity index (χ1v) is 6.76. The Morgan fingerprint density at radius 2 is 2.22 bits per heavy atom. The minimum atomic E-state index is -0.0880. The molecule has 0 N–H and O–H groups in total. The summed E-state index contributed by atoms with van der Waals surface area (Å²) in [6, 6.07) is 6.59. The van der Waals surface area contributed by atoms with Crippen LogP contribution in [-0.2, 0) is 0 Å². The van der Waals surface area contributed by atoms with Crippen LogP contribution in [0.3, 0.4) is 0 Å². The van der Waals surface area contributed by atoms with Crippen molar-refractivity contribution in [1.82, 2.24) is 9.55 Å². The molecule has 2 aromatic rings. The zero-order valence-electron chi connectivity index (χ0n) is 10.9. The van der Waals surface area contributed by atoms with Crippen LogP contribution in [0.1, 0.15) is 37.5 Å². The zero-order chi connectivity index (χ0) is 12.9. The van der Waals surface area contributed by atoms with Gasteiger partial charge in [-0.3, -0.25) is 0 Å². The predicted molar refractivity (Wildman–Crippen MR) is 73.4 cm³/mol. The van der Waals surface area contributed by atoms with Crippen molar-refractivity contribution in [2.75, 3.05) is 7.11 Å². The van der Waals surface area contributed by atoms with Crippen LogP contribution in [0.2, 0.25) is 0 Å². The fourth-order valence-corrected chi connectivity index (χ4v) is 2.72. The largest absolute Gasteiger partial charge is 0.494 e. The van der Waals surface area contributed by atoms with Crippen LogP contribution < -0.4 is 4.74 Å². The molecule has 0 aliphatic heterocycles. The molecule has 1 aromatic heterocycles. The summed E-state index contributed by atoms with van der Waals surface area (Å²) in [7, 11) is 1.68. The molecule has 1 saturated carbocycles. The molecule has 1 fully saturated rings. The topological polar surface area (TPSA) is 27.1 Å². The second kappa shape index (κ2) is 4.16. The molecule has 18 heavy (non-hydrogen) atoms. The molecule has 0 saturated heterocycles. The molecule has 1 aromatic carbocycles. The number of fused-ring (bicyclic) bond motifs is 1. The van der Waals surface area contributed by atoms with E-state index in [2.05, 4.69) is 22.5 Å². The highest BCUT2D eigenvalue weighted by Gasteiger charge is 2.37. The fraction of sp³-hybridized carbons (Fsp3) is 0.500. The molecule has 3 nitrogen and oxygen atoms in total. The van der Waals surface area contributed by atoms with Crippen molar-refractivity contribution in [3.05, 3.63) is 24.0 Å². The van der Waals surface area contributed by atoms with Crippen LogP contribution in [0.4, 0.5) is 0 Å². The maximum absolute atomic E-state index is 6.27. The Morgan fingerprint density at radius 3 is 2.78 bits per heavy atom. The van der Waals surface area contributed by atoms with Crippen molar-refractivity contribution in [3.8, 4) is 5.75 Å². The van der Waals surface area contributed by atoms with Crippen LogP contribution in [0.15, 0.2) is 18.2 Å². The smallest absolute Gasteiger partial charge is 0.146 e. The Balaban J connectivity index is 2.26. The lowest BCUT2D eigenvalue weighted by Crippen LogP contribution is -2.03. The summed E-state index contributed by atoms with van der Waals surface area (Å²) in [6.07, 6.45) is 1.21. The average molecular weight is 265 g/mol. The Bertz CT molecular complexity index is 591. The minimum Gasteiger partial charge on any atom is -0.494 e. The molecule has 3 rings (SSSR count). The highest BCUT2D eigenvalue weighted by Crippen LogP contribution is 2.47. The van der Waals surface area contributed by atoms with Gasteiger partial charge in [-0.15, -0.1) is 11.6 Å². The molecule has 1 aliphatic carbocycles. The SMILES string of the molecule is COc1cccc2c1nc(C(C)Cl)n2C1CC1C. The van der Waals surface area contributed by atoms with E-state index < -0.39 is 0 Å². The standard InChI is InChI=1S/C14H17ClN2O/c1-8-7-11(8)17-10-5-4-6-12(18-3)13(10)16-14(17)9(2)15/h4-6,8-9,11H,7H2,1-3H3. The number of ether oxygens (including phenoxy) is 1. The number of para-hydroxylation sites is 1. The number of alkyl halides is 1. The Hall–Kier alpha value is -1.22. The number of rotatable bonds is 3. The molecular weight excluding hydrogens is 248 g/mol. The summed E-state index contributed by atoms with van der Waals surface area (Å²) < 4.78 is 7.68. The van der Waals surface area contributed by atoms with E-state index in [-0.39, 0.29) is 5.38 Å². The summed E-state index contributed by atoms with van der Waals surface area (Å²) in [5, 5.41) is -0.0880. The van der Waals surface area contributed by atoms with Gasteiger partial charge in [0.25, 0.3) is 0 Å². The lowest BCUT2D eigenvalue weighted by Gasteiger charge is -2.09. The predicted octanol–water partition coefficient (Wildman–Crippen LogP) is 3.93. The van der Waals surface area contributed by atoms with Gasteiger partial charge in [-0.25, -0.2) is 4.98 Å². The third-order valence-corrected chi connectivity index (χ3v) is 3.88. The summed E-state index contributed by atoms with van der Waals surface area (Å²) >= 11 is 6.27. The Kier molecular flexibility index (Phi) is 2.74. The first kappa shape index (κ1) is 11.8. The highest BCUT2D eigenvalue weighted by atomic mass is 35.5. The van der Waals surface area contributed by atoms with Crippen LogP contribution in [0.25, 0.3) is 11.0 Å². The number of hydrogen-bond acceptors (Lipinski definition) is 2. The summed E-state index contributed by atoms with van der Waals surface area (Å²) in [5.74, 6) is 2.48. The third kappa shape index (κ3) is 1.69. The van der Waals surface area contributed by atoms with Crippen LogP contribution >= 0.6 is 11.6 Å². The van der Waals surface area contributed by atoms with Crippen LogP contribution in [0.5, 0.6) is 5.75 Å². The molecule has 0 radical (unpaired) electrons. The van der Waals surface area contributed by atoms with Gasteiger partial charge in [-0.2, -0.15) is 0 Å². The first-order chi connectivity index (χ1) is 8.63. The van der Waals surface area contributed by atoms with E-state index in [1.165, 1.54) is 6.42 Å². The van der Waals surface area contributed by atoms with Crippen molar-refractivity contribution in [1.29, 1.82) is 0 Å². The average Bonchev–Trinajstić information content (AvgIpc) is 2.92. The van der Waals surface area contributed by atoms with Gasteiger partial charge in [0.2, 0.25) is 0 Å². The van der Waals surface area contributed by atoms with E-state index in [0.29, 0.717) is 12.0 Å². The normalized spacial score (nSPS) is 24.2. The number of aromatic nitrogens is 2. The van der Waals surface area contributed by atoms with Gasteiger partial charge in [-0.1, -0.05) is 13.0 Å². The molecule has 0 bridgehead atoms. The molecule has 1 heterocycles. The summed E-state index contributed by atoms with van der Waals surface area (Å²) in [5.41, 5.74) is 2.05. The van der Waals surface area contributed by atoms with E-state index in [9.17, 15) is 0 Å². The lowest BCUT2D eigenvalue weighted by molar-refractivity contribution is 0.419. The Labute approximate surface area is 112 Å². The monoisotopic (exact) mass is 264 g/mol. The first-order valence-electron chi connectivity index (χ1n) is 6.32. The summed E-state index contributed by atoms with van der Waals surface area (Å²) in [4.78, 5) is 4.68. The van der Waals surface area contributed by atoms with Crippen LogP contribution in [0, 0.1) is 5.92 Å². The van der Waals surface area contributed by atoms with Crippen molar-refractivity contribution in [2.24, 2.45) is 5.92 Å². The lowest BCUT2D eigenvalue weighted by atomic mass is 10.3. The van der Waals surface area contributed by atoms with E-state index in [0.717, 1.165) is 22.6 Å². The van der Waals surface area contributed by atoms with Gasteiger partial charge in [0.15, 0.2) is 0 Å². The van der Waals surface area contributed by atoms with Crippen LogP contribution in [-0.4, -0.2) is 16.7 Å². The van der Waals surface area contributed by atoms with Crippen molar-refractivity contribution in [3.63, 3.8) is 0 Å². The Morgan fingerprint density at radius 1 is 1.50 bits per heavy atom. The van der Waals surface area contributed by atoms with E-state index in [1.54, 1.807) is 7.11 Å². The summed E-state index contributed by atoms with van der Waals surface area (Å²) in [6.45, 7) is 4.23. The van der Waals surface area contributed by atoms with Crippen molar-refractivity contribution >= 4 is 22.6 Å². The third-order valence-electron chi connectivity index (χ3n) is 3.68. The van der Waals surface area contributed by atoms with E-state index in [4.69, 9.17) is 16.3 Å². The molecule has 0 amide bonds. The highest BCUT2D eigenvalue weighted by molar-refractivity contribution is 6.20. The minimum absolute atomic E-state index is 0.0880. The van der Waals surface area contributed by atoms with Crippen molar-refractivity contribution in [2.45, 2.75) is 31.7 Å². The molecule has 3 unspecified atom stereocenters. The van der Waals surface area contributed by atoms with Gasteiger partial charge >= 0.3 is 0 Å². The maximum atomic E-state index is 6.27. The molecule has 0 spiro atoms. The van der Waals surface area contributed by atoms with Gasteiger partial charge in [0, 0.05) is 6.04 Å². The number of nitrogens with zero attached hydrogens (tertiary/aromatic N) is 2. The van der Waals surface area contributed by atoms with E-state index >= 15 is 0 Å². The zero-order valence-corrected chi connectivity index (χ0v) is 11.6. The molecule has 4 heteroatoms. The number of benzene rings is 1. The molecular formula is C14H17ClN2O. The van der Waals surface area contributed by atoms with Gasteiger partial charge in [0.1, 0.15) is 17.1 Å². The maximum Gasteiger partial charge on any atom is 0.146 e. The fourth-order valence-electron chi connectivity index (χ4n) is 2.57. The number of methoxy groups -OCH3 is 1. The number of halogens is 1. The van der Waals surface area contributed by atoms with Crippen molar-refractivity contribution < 1.29 is 4.74 Å². The number of hydrogen-bond donors (Lipinski definition) is 0. The second-order valence-corrected chi connectivity index (χ2v) is 5.72. The quantitative estimate of drug-likeness (QED) is 0.786. The van der Waals surface area contributed by atoms with Gasteiger partial charge < -0.3 is 9.30 Å². The number of imidazole rings is 1. The molecule has 96 valence electrons. The van der Waals surface area contributed by atoms with E-state index in [1.807, 2.05) is 19.1 Å².